The largest absolute Gasteiger partial charge is 0.397 e. The van der Waals surface area contributed by atoms with Gasteiger partial charge in [0.2, 0.25) is 11.8 Å². The molecule has 0 aromatic rings. The van der Waals surface area contributed by atoms with E-state index in [1.165, 1.54) is 9.80 Å². The zero-order valence-electron chi connectivity index (χ0n) is 13.3. The molecule has 1 unspecified atom stereocenters. The summed E-state index contributed by atoms with van der Waals surface area (Å²) in [5, 5.41) is 8.53. The minimum Gasteiger partial charge on any atom is -0.343 e. The van der Waals surface area contributed by atoms with Crippen LogP contribution in [0.3, 0.4) is 0 Å². The second-order valence-electron chi connectivity index (χ2n) is 5.55. The van der Waals surface area contributed by atoms with E-state index in [1.807, 2.05) is 11.0 Å². The Morgan fingerprint density at radius 3 is 2.30 bits per heavy atom. The molecule has 1 rings (SSSR count). The van der Waals surface area contributed by atoms with Gasteiger partial charge in [0, 0.05) is 39.8 Å². The number of nitrogens with zero attached hydrogens (tertiary/aromatic N) is 4. The van der Waals surface area contributed by atoms with Gasteiger partial charge in [-0.2, -0.15) is 18.4 Å². The molecule has 1 aliphatic rings. The number of likely N-dealkylation sites (N-methyl/N-ethyl adjacent to an activating group) is 1. The molecule has 1 fully saturated rings. The van der Waals surface area contributed by atoms with Crippen LogP contribution in [0.4, 0.5) is 13.2 Å². The first-order valence-corrected chi connectivity index (χ1v) is 7.36. The first-order chi connectivity index (χ1) is 10.7. The number of carbonyl (C=O) groups excluding carboxylic acids is 2. The van der Waals surface area contributed by atoms with Gasteiger partial charge >= 0.3 is 6.18 Å². The number of nitriles is 1. The highest BCUT2D eigenvalue weighted by molar-refractivity contribution is 5.81. The van der Waals surface area contributed by atoms with Crippen molar-refractivity contribution < 1.29 is 22.8 Å². The Bertz CT molecular complexity index is 468. The van der Waals surface area contributed by atoms with Crippen LogP contribution >= 0.6 is 0 Å². The minimum atomic E-state index is -4.50. The number of amides is 2. The van der Waals surface area contributed by atoms with Gasteiger partial charge in [-0.05, 0) is 6.92 Å². The molecular weight excluding hydrogens is 313 g/mol. The predicted molar refractivity (Wildman–Crippen MR) is 76.2 cm³/mol. The Morgan fingerprint density at radius 2 is 1.83 bits per heavy atom. The number of carbonyl (C=O) groups is 2. The fourth-order valence-electron chi connectivity index (χ4n) is 2.44. The molecule has 0 N–H and O–H groups in total. The molecule has 9 heteroatoms. The van der Waals surface area contributed by atoms with E-state index >= 15 is 0 Å². The van der Waals surface area contributed by atoms with Crippen LogP contribution in [-0.4, -0.2) is 78.5 Å². The molecule has 1 atom stereocenters. The van der Waals surface area contributed by atoms with Crippen LogP contribution in [0.5, 0.6) is 0 Å². The van der Waals surface area contributed by atoms with Gasteiger partial charge in [0.15, 0.2) is 0 Å². The van der Waals surface area contributed by atoms with Crippen LogP contribution in [0, 0.1) is 11.3 Å². The summed E-state index contributed by atoms with van der Waals surface area (Å²) in [5.41, 5.74) is 0. The Hall–Kier alpha value is -1.82. The summed E-state index contributed by atoms with van der Waals surface area (Å²) < 4.78 is 36.7. The number of rotatable bonds is 5. The summed E-state index contributed by atoms with van der Waals surface area (Å²) in [7, 11) is 1.61. The fourth-order valence-corrected chi connectivity index (χ4v) is 2.44. The molecule has 1 heterocycles. The highest BCUT2D eigenvalue weighted by atomic mass is 19.4. The fraction of sp³-hybridized carbons (Fsp3) is 0.786. The molecule has 0 spiro atoms. The van der Waals surface area contributed by atoms with E-state index in [0.717, 1.165) is 0 Å². The maximum absolute atomic E-state index is 12.2. The van der Waals surface area contributed by atoms with Crippen molar-refractivity contribution in [3.05, 3.63) is 0 Å². The molecular formula is C14H21F3N4O2. The highest BCUT2D eigenvalue weighted by Gasteiger charge is 2.35. The molecule has 0 aliphatic carbocycles. The van der Waals surface area contributed by atoms with E-state index in [2.05, 4.69) is 0 Å². The van der Waals surface area contributed by atoms with Crippen molar-refractivity contribution in [3.63, 3.8) is 0 Å². The van der Waals surface area contributed by atoms with E-state index in [0.29, 0.717) is 19.6 Å². The Kier molecular flexibility index (Phi) is 6.81. The summed E-state index contributed by atoms with van der Waals surface area (Å²) >= 11 is 0. The molecule has 0 saturated carbocycles. The van der Waals surface area contributed by atoms with Crippen molar-refractivity contribution >= 4 is 11.8 Å². The average molecular weight is 334 g/mol. The van der Waals surface area contributed by atoms with E-state index in [-0.39, 0.29) is 25.4 Å². The third-order valence-electron chi connectivity index (χ3n) is 3.86. The Labute approximate surface area is 133 Å². The van der Waals surface area contributed by atoms with Crippen LogP contribution in [0.25, 0.3) is 0 Å². The van der Waals surface area contributed by atoms with Crippen LogP contribution in [0.2, 0.25) is 0 Å². The minimum absolute atomic E-state index is 0.143. The van der Waals surface area contributed by atoms with E-state index in [4.69, 9.17) is 5.26 Å². The summed E-state index contributed by atoms with van der Waals surface area (Å²) in [6.07, 6.45) is -5.70. The topological polar surface area (TPSA) is 67.7 Å². The molecule has 1 aliphatic heterocycles. The van der Waals surface area contributed by atoms with Crippen LogP contribution in [0.1, 0.15) is 19.8 Å². The first kappa shape index (κ1) is 19.2. The zero-order chi connectivity index (χ0) is 17.6. The second kappa shape index (κ2) is 8.15. The summed E-state index contributed by atoms with van der Waals surface area (Å²) in [6.45, 7) is 3.11. The monoisotopic (exact) mass is 334 g/mol. The predicted octanol–water partition coefficient (Wildman–Crippen LogP) is 0.844. The standard InChI is InChI=1S/C14H21F3N4O2/c1-11(13(23)19(2)5-3-4-18)20-6-8-21(9-7-20)12(22)10-14(15,16)17/h11H,3,5-10H2,1-2H3. The Balaban J connectivity index is 2.47. The third-order valence-corrected chi connectivity index (χ3v) is 3.86. The smallest absolute Gasteiger partial charge is 0.343 e. The molecule has 1 saturated heterocycles. The van der Waals surface area contributed by atoms with Gasteiger partial charge in [0.05, 0.1) is 18.5 Å². The average Bonchev–Trinajstić information content (AvgIpc) is 2.49. The van der Waals surface area contributed by atoms with Crippen LogP contribution in [-0.2, 0) is 9.59 Å². The lowest BCUT2D eigenvalue weighted by Crippen LogP contribution is -2.55. The Morgan fingerprint density at radius 1 is 1.26 bits per heavy atom. The second-order valence-corrected chi connectivity index (χ2v) is 5.55. The van der Waals surface area contributed by atoms with E-state index in [9.17, 15) is 22.8 Å². The third kappa shape index (κ3) is 6.06. The summed E-state index contributed by atoms with van der Waals surface area (Å²) in [5.74, 6) is -1.07. The maximum Gasteiger partial charge on any atom is 0.397 e. The van der Waals surface area contributed by atoms with Gasteiger partial charge in [-0.25, -0.2) is 0 Å². The van der Waals surface area contributed by atoms with Gasteiger partial charge in [-0.1, -0.05) is 0 Å². The number of halogens is 3. The van der Waals surface area contributed by atoms with Gasteiger partial charge in [-0.15, -0.1) is 0 Å². The van der Waals surface area contributed by atoms with Crippen molar-refractivity contribution in [1.29, 1.82) is 5.26 Å². The number of piperazine rings is 1. The molecule has 0 aromatic heterocycles. The lowest BCUT2D eigenvalue weighted by atomic mass is 10.2. The van der Waals surface area contributed by atoms with Gasteiger partial charge in [-0.3, -0.25) is 14.5 Å². The quantitative estimate of drug-likeness (QED) is 0.747. The zero-order valence-corrected chi connectivity index (χ0v) is 13.3. The van der Waals surface area contributed by atoms with Gasteiger partial charge in [0.25, 0.3) is 0 Å². The highest BCUT2D eigenvalue weighted by Crippen LogP contribution is 2.21. The van der Waals surface area contributed by atoms with E-state index < -0.39 is 24.5 Å². The molecule has 130 valence electrons. The number of hydrogen-bond acceptors (Lipinski definition) is 4. The lowest BCUT2D eigenvalue weighted by Gasteiger charge is -2.38. The van der Waals surface area contributed by atoms with Crippen molar-refractivity contribution in [3.8, 4) is 6.07 Å². The normalized spacial score (nSPS) is 17.5. The van der Waals surface area contributed by atoms with Crippen molar-refractivity contribution in [2.45, 2.75) is 32.0 Å². The molecule has 6 nitrogen and oxygen atoms in total. The molecule has 23 heavy (non-hydrogen) atoms. The van der Waals surface area contributed by atoms with Crippen molar-refractivity contribution in [2.75, 3.05) is 39.8 Å². The van der Waals surface area contributed by atoms with Crippen LogP contribution in [0.15, 0.2) is 0 Å². The maximum atomic E-state index is 12.2. The number of alkyl halides is 3. The lowest BCUT2D eigenvalue weighted by molar-refractivity contribution is -0.162. The molecule has 2 amide bonds. The summed E-state index contributed by atoms with van der Waals surface area (Å²) in [4.78, 5) is 28.2. The van der Waals surface area contributed by atoms with Gasteiger partial charge in [0.1, 0.15) is 6.42 Å². The van der Waals surface area contributed by atoms with Gasteiger partial charge < -0.3 is 9.80 Å². The van der Waals surface area contributed by atoms with Crippen LogP contribution < -0.4 is 0 Å². The molecule has 0 aromatic carbocycles. The molecule has 0 bridgehead atoms. The van der Waals surface area contributed by atoms with Crippen molar-refractivity contribution in [1.82, 2.24) is 14.7 Å². The summed E-state index contributed by atoms with van der Waals surface area (Å²) in [6, 6.07) is 1.53. The van der Waals surface area contributed by atoms with Crippen molar-refractivity contribution in [2.24, 2.45) is 0 Å². The molecule has 0 radical (unpaired) electrons. The number of hydrogen-bond donors (Lipinski definition) is 0. The first-order valence-electron chi connectivity index (χ1n) is 7.36. The SMILES string of the molecule is CC(C(=O)N(C)CCC#N)N1CCN(C(=O)CC(F)(F)F)CC1. The van der Waals surface area contributed by atoms with E-state index in [1.54, 1.807) is 14.0 Å².